The van der Waals surface area contributed by atoms with Crippen LogP contribution >= 0.6 is 0 Å². The van der Waals surface area contributed by atoms with Crippen LogP contribution in [0.25, 0.3) is 0 Å². The van der Waals surface area contributed by atoms with Gasteiger partial charge in [-0.3, -0.25) is 4.79 Å². The number of carbonyl (C=O) groups is 2. The van der Waals surface area contributed by atoms with E-state index in [0.29, 0.717) is 5.56 Å². The first-order valence-electron chi connectivity index (χ1n) is 6.59. The Morgan fingerprint density at radius 2 is 1.76 bits per heavy atom. The maximum Gasteiger partial charge on any atom is 0.416 e. The largest absolute Gasteiger partial charge is 0.466 e. The van der Waals surface area contributed by atoms with Crippen molar-refractivity contribution in [3.8, 4) is 0 Å². The van der Waals surface area contributed by atoms with Crippen LogP contribution in [-0.4, -0.2) is 18.4 Å². The molecule has 0 saturated heterocycles. The molecule has 0 saturated carbocycles. The molecule has 21 heavy (non-hydrogen) atoms. The molecule has 116 valence electrons. The van der Waals surface area contributed by atoms with Crippen LogP contribution in [0, 0.1) is 0 Å². The predicted molar refractivity (Wildman–Crippen MR) is 70.7 cm³/mol. The molecule has 0 spiro atoms. The minimum absolute atomic E-state index is 0.0868. The van der Waals surface area contributed by atoms with Gasteiger partial charge in [0.15, 0.2) is 0 Å². The van der Waals surface area contributed by atoms with E-state index in [2.05, 4.69) is 0 Å². The molecule has 0 heterocycles. The maximum absolute atomic E-state index is 12.5. The Hall–Kier alpha value is -1.85. The minimum Gasteiger partial charge on any atom is -0.466 e. The first-order chi connectivity index (χ1) is 9.75. The van der Waals surface area contributed by atoms with Crippen molar-refractivity contribution in [3.63, 3.8) is 0 Å². The van der Waals surface area contributed by atoms with E-state index in [9.17, 15) is 22.8 Å². The molecule has 3 nitrogen and oxygen atoms in total. The fraction of sp³-hybridized carbons (Fsp3) is 0.467. The SMILES string of the molecule is CCOC(=O)C(CCC(C)=O)c1ccc(C(F)(F)F)cc1. The summed E-state index contributed by atoms with van der Waals surface area (Å²) in [6.45, 7) is 3.22. The summed E-state index contributed by atoms with van der Waals surface area (Å²) in [7, 11) is 0. The van der Waals surface area contributed by atoms with Gasteiger partial charge in [-0.25, -0.2) is 0 Å². The van der Waals surface area contributed by atoms with Crippen molar-refractivity contribution in [1.82, 2.24) is 0 Å². The topological polar surface area (TPSA) is 43.4 Å². The Morgan fingerprint density at radius 3 is 2.19 bits per heavy atom. The highest BCUT2D eigenvalue weighted by Crippen LogP contribution is 2.31. The number of Topliss-reactive ketones (excluding diaryl/α,β-unsaturated/α-hetero) is 1. The van der Waals surface area contributed by atoms with E-state index in [0.717, 1.165) is 12.1 Å². The minimum atomic E-state index is -4.42. The first kappa shape index (κ1) is 17.2. The third-order valence-corrected chi connectivity index (χ3v) is 3.00. The zero-order valence-electron chi connectivity index (χ0n) is 11.9. The highest BCUT2D eigenvalue weighted by Gasteiger charge is 2.31. The van der Waals surface area contributed by atoms with Crippen molar-refractivity contribution in [2.75, 3.05) is 6.61 Å². The van der Waals surface area contributed by atoms with Crippen LogP contribution < -0.4 is 0 Å². The van der Waals surface area contributed by atoms with Gasteiger partial charge < -0.3 is 9.53 Å². The molecule has 0 aliphatic carbocycles. The molecule has 1 unspecified atom stereocenters. The number of esters is 1. The summed E-state index contributed by atoms with van der Waals surface area (Å²) in [5.41, 5.74) is -0.358. The fourth-order valence-corrected chi connectivity index (χ4v) is 1.92. The molecular weight excluding hydrogens is 285 g/mol. The molecule has 0 fully saturated rings. The summed E-state index contributed by atoms with van der Waals surface area (Å²) in [4.78, 5) is 22.9. The van der Waals surface area contributed by atoms with Crippen LogP contribution in [0.4, 0.5) is 13.2 Å². The zero-order chi connectivity index (χ0) is 16.0. The van der Waals surface area contributed by atoms with Crippen LogP contribution in [-0.2, 0) is 20.5 Å². The van der Waals surface area contributed by atoms with Gasteiger partial charge in [0.1, 0.15) is 5.78 Å². The number of ether oxygens (including phenoxy) is 1. The molecule has 0 N–H and O–H groups in total. The van der Waals surface area contributed by atoms with E-state index < -0.39 is 23.6 Å². The van der Waals surface area contributed by atoms with E-state index in [1.165, 1.54) is 19.1 Å². The molecule has 0 bridgehead atoms. The Balaban J connectivity index is 2.96. The summed E-state index contributed by atoms with van der Waals surface area (Å²) < 4.78 is 42.5. The molecule has 0 aliphatic rings. The van der Waals surface area contributed by atoms with Gasteiger partial charge in [-0.15, -0.1) is 0 Å². The second kappa shape index (κ2) is 7.24. The van der Waals surface area contributed by atoms with Crippen molar-refractivity contribution in [2.24, 2.45) is 0 Å². The Morgan fingerprint density at radius 1 is 1.19 bits per heavy atom. The normalized spacial score (nSPS) is 12.8. The number of hydrogen-bond acceptors (Lipinski definition) is 3. The van der Waals surface area contributed by atoms with Crippen LogP contribution in [0.1, 0.15) is 43.7 Å². The van der Waals surface area contributed by atoms with Crippen LogP contribution in [0.5, 0.6) is 0 Å². The smallest absolute Gasteiger partial charge is 0.416 e. The predicted octanol–water partition coefficient (Wildman–Crippen LogP) is 3.72. The fourth-order valence-electron chi connectivity index (χ4n) is 1.92. The van der Waals surface area contributed by atoms with Crippen molar-refractivity contribution >= 4 is 11.8 Å². The number of alkyl halides is 3. The zero-order valence-corrected chi connectivity index (χ0v) is 11.9. The highest BCUT2D eigenvalue weighted by molar-refractivity contribution is 5.80. The average molecular weight is 302 g/mol. The highest BCUT2D eigenvalue weighted by atomic mass is 19.4. The Labute approximate surface area is 121 Å². The average Bonchev–Trinajstić information content (AvgIpc) is 2.38. The summed E-state index contributed by atoms with van der Waals surface area (Å²) in [6.07, 6.45) is -4.03. The van der Waals surface area contributed by atoms with Crippen molar-refractivity contribution in [1.29, 1.82) is 0 Å². The molecular formula is C15H17F3O3. The van der Waals surface area contributed by atoms with Gasteiger partial charge in [-0.05, 0) is 38.0 Å². The molecule has 0 amide bonds. The van der Waals surface area contributed by atoms with Gasteiger partial charge in [0.05, 0.1) is 18.1 Å². The first-order valence-corrected chi connectivity index (χ1v) is 6.59. The lowest BCUT2D eigenvalue weighted by atomic mass is 9.92. The third-order valence-electron chi connectivity index (χ3n) is 3.00. The van der Waals surface area contributed by atoms with Crippen molar-refractivity contribution in [2.45, 2.75) is 38.8 Å². The second-order valence-corrected chi connectivity index (χ2v) is 4.67. The number of halogens is 3. The van der Waals surface area contributed by atoms with E-state index >= 15 is 0 Å². The lowest BCUT2D eigenvalue weighted by molar-refractivity contribution is -0.145. The third kappa shape index (κ3) is 5.21. The quantitative estimate of drug-likeness (QED) is 0.752. The molecule has 1 aromatic rings. The molecule has 1 rings (SSSR count). The van der Waals surface area contributed by atoms with E-state index in [4.69, 9.17) is 4.74 Å². The molecule has 1 atom stereocenters. The number of rotatable bonds is 6. The van der Waals surface area contributed by atoms with Gasteiger partial charge in [-0.1, -0.05) is 12.1 Å². The van der Waals surface area contributed by atoms with Crippen LogP contribution in [0.3, 0.4) is 0 Å². The summed E-state index contributed by atoms with van der Waals surface area (Å²) in [5, 5.41) is 0. The Bertz CT molecular complexity index is 492. The number of ketones is 1. The lowest BCUT2D eigenvalue weighted by Crippen LogP contribution is -2.17. The number of benzene rings is 1. The van der Waals surface area contributed by atoms with E-state index in [-0.39, 0.29) is 25.2 Å². The van der Waals surface area contributed by atoms with Gasteiger partial charge >= 0.3 is 12.1 Å². The number of hydrogen-bond donors (Lipinski definition) is 0. The molecule has 1 aromatic carbocycles. The van der Waals surface area contributed by atoms with E-state index in [1.807, 2.05) is 0 Å². The van der Waals surface area contributed by atoms with Gasteiger partial charge in [0.25, 0.3) is 0 Å². The molecule has 0 aromatic heterocycles. The van der Waals surface area contributed by atoms with Crippen LogP contribution in [0.15, 0.2) is 24.3 Å². The van der Waals surface area contributed by atoms with Gasteiger partial charge in [0, 0.05) is 6.42 Å². The summed E-state index contributed by atoms with van der Waals surface area (Å²) >= 11 is 0. The van der Waals surface area contributed by atoms with Crippen molar-refractivity contribution < 1.29 is 27.5 Å². The molecule has 0 aliphatic heterocycles. The monoisotopic (exact) mass is 302 g/mol. The Kier molecular flexibility index (Phi) is 5.93. The summed E-state index contributed by atoms with van der Waals surface area (Å²) in [5.74, 6) is -1.34. The van der Waals surface area contributed by atoms with E-state index in [1.54, 1.807) is 6.92 Å². The van der Waals surface area contributed by atoms with Gasteiger partial charge in [-0.2, -0.15) is 13.2 Å². The maximum atomic E-state index is 12.5. The number of carbonyl (C=O) groups excluding carboxylic acids is 2. The second-order valence-electron chi connectivity index (χ2n) is 4.67. The van der Waals surface area contributed by atoms with Crippen LogP contribution in [0.2, 0.25) is 0 Å². The van der Waals surface area contributed by atoms with Crippen molar-refractivity contribution in [3.05, 3.63) is 35.4 Å². The molecule has 0 radical (unpaired) electrons. The standard InChI is InChI=1S/C15H17F3O3/c1-3-21-14(20)13(9-4-10(2)19)11-5-7-12(8-6-11)15(16,17)18/h5-8,13H,3-4,9H2,1-2H3. The molecule has 6 heteroatoms. The lowest BCUT2D eigenvalue weighted by Gasteiger charge is -2.16. The van der Waals surface area contributed by atoms with Gasteiger partial charge in [0.2, 0.25) is 0 Å². The summed E-state index contributed by atoms with van der Waals surface area (Å²) in [6, 6.07) is 4.36.